The summed E-state index contributed by atoms with van der Waals surface area (Å²) in [5.41, 5.74) is 6.36. The van der Waals surface area contributed by atoms with Crippen molar-refractivity contribution in [1.82, 2.24) is 0 Å². The summed E-state index contributed by atoms with van der Waals surface area (Å²) in [4.78, 5) is 0. The molecule has 0 atom stereocenters. The molecular weight excluding hydrogens is 122 g/mol. The van der Waals surface area contributed by atoms with Gasteiger partial charge in [0.1, 0.15) is 0 Å². The minimum Gasteiger partial charge on any atom is -0.325 e. The van der Waals surface area contributed by atoms with E-state index in [1.54, 1.807) is 0 Å². The van der Waals surface area contributed by atoms with Gasteiger partial charge in [-0.2, -0.15) is 0 Å². The molecule has 0 unspecified atom stereocenters. The molecule has 0 aliphatic heterocycles. The van der Waals surface area contributed by atoms with Crippen molar-refractivity contribution in [2.45, 2.75) is 57.4 Å². The maximum atomic E-state index is 6.16. The third-order valence-electron chi connectivity index (χ3n) is 2.80. The quantitative estimate of drug-likeness (QED) is 0.558. The molecule has 0 heterocycles. The Balaban J connectivity index is 2.41. The molecule has 10 heavy (non-hydrogen) atoms. The largest absolute Gasteiger partial charge is 0.325 e. The van der Waals surface area contributed by atoms with Crippen LogP contribution in [0.2, 0.25) is 0 Å². The van der Waals surface area contributed by atoms with E-state index >= 15 is 0 Å². The molecule has 1 rings (SSSR count). The highest BCUT2D eigenvalue weighted by Gasteiger charge is 2.23. The van der Waals surface area contributed by atoms with Crippen LogP contribution in [0.25, 0.3) is 0 Å². The lowest BCUT2D eigenvalue weighted by molar-refractivity contribution is 0.359. The van der Waals surface area contributed by atoms with Gasteiger partial charge in [-0.1, -0.05) is 32.6 Å². The molecule has 1 fully saturated rings. The lowest BCUT2D eigenvalue weighted by atomic mass is 9.89. The van der Waals surface area contributed by atoms with Gasteiger partial charge in [0, 0.05) is 5.54 Å². The van der Waals surface area contributed by atoms with Crippen molar-refractivity contribution in [3.63, 3.8) is 0 Å². The zero-order valence-electron chi connectivity index (χ0n) is 7.03. The molecule has 0 saturated heterocycles. The van der Waals surface area contributed by atoms with E-state index in [9.17, 15) is 0 Å². The Hall–Kier alpha value is -0.0400. The minimum absolute atomic E-state index is 0.205. The van der Waals surface area contributed by atoms with Crippen LogP contribution in [0.5, 0.6) is 0 Å². The summed E-state index contributed by atoms with van der Waals surface area (Å²) >= 11 is 0. The van der Waals surface area contributed by atoms with Crippen molar-refractivity contribution in [2.75, 3.05) is 0 Å². The first-order chi connectivity index (χ1) is 4.77. The van der Waals surface area contributed by atoms with E-state index in [1.165, 1.54) is 38.5 Å². The molecule has 0 aromatic rings. The number of hydrogen-bond donors (Lipinski definition) is 1. The summed E-state index contributed by atoms with van der Waals surface area (Å²) in [6.07, 6.45) is 9.17. The summed E-state index contributed by atoms with van der Waals surface area (Å²) in [5.74, 6) is 0. The molecule has 0 radical (unpaired) electrons. The summed E-state index contributed by atoms with van der Waals surface area (Å²) in [7, 11) is 0. The lowest BCUT2D eigenvalue weighted by Gasteiger charge is -2.25. The van der Waals surface area contributed by atoms with Crippen LogP contribution < -0.4 is 5.73 Å². The Morgan fingerprint density at radius 1 is 1.10 bits per heavy atom. The van der Waals surface area contributed by atoms with Crippen LogP contribution in [-0.4, -0.2) is 5.54 Å². The van der Waals surface area contributed by atoms with E-state index in [-0.39, 0.29) is 5.54 Å². The van der Waals surface area contributed by atoms with E-state index in [2.05, 4.69) is 6.92 Å². The van der Waals surface area contributed by atoms with Crippen LogP contribution in [0.1, 0.15) is 51.9 Å². The Labute approximate surface area is 64.0 Å². The Morgan fingerprint density at radius 3 is 2.00 bits per heavy atom. The second-order valence-corrected chi connectivity index (χ2v) is 3.63. The number of hydrogen-bond acceptors (Lipinski definition) is 1. The average molecular weight is 141 g/mol. The molecule has 1 aliphatic rings. The monoisotopic (exact) mass is 141 g/mol. The van der Waals surface area contributed by atoms with Crippen molar-refractivity contribution >= 4 is 0 Å². The molecule has 0 amide bonds. The fraction of sp³-hybridized carbons (Fsp3) is 1.00. The topological polar surface area (TPSA) is 26.0 Å². The fourth-order valence-corrected chi connectivity index (χ4v) is 1.79. The van der Waals surface area contributed by atoms with Gasteiger partial charge in [-0.05, 0) is 19.3 Å². The minimum atomic E-state index is 0.205. The van der Waals surface area contributed by atoms with Crippen molar-refractivity contribution in [1.29, 1.82) is 0 Å². The second kappa shape index (κ2) is 3.38. The molecule has 0 aromatic carbocycles. The molecule has 0 spiro atoms. The van der Waals surface area contributed by atoms with Gasteiger partial charge in [0.25, 0.3) is 0 Å². The van der Waals surface area contributed by atoms with E-state index in [0.29, 0.717) is 0 Å². The predicted molar refractivity (Wildman–Crippen MR) is 44.9 cm³/mol. The molecule has 0 aromatic heterocycles. The Bertz CT molecular complexity index is 90.9. The van der Waals surface area contributed by atoms with E-state index in [4.69, 9.17) is 5.73 Å². The Kier molecular flexibility index (Phi) is 2.72. The predicted octanol–water partition coefficient (Wildman–Crippen LogP) is 2.45. The first-order valence-electron chi connectivity index (χ1n) is 4.56. The average Bonchev–Trinajstić information content (AvgIpc) is 2.15. The van der Waals surface area contributed by atoms with Crippen LogP contribution in [0.3, 0.4) is 0 Å². The maximum Gasteiger partial charge on any atom is 0.0151 e. The standard InChI is InChI=1S/C9H19N/c1-2-9(10)7-5-3-4-6-8-9/h2-8,10H2,1H3. The number of rotatable bonds is 1. The Morgan fingerprint density at radius 2 is 1.60 bits per heavy atom. The second-order valence-electron chi connectivity index (χ2n) is 3.63. The van der Waals surface area contributed by atoms with Crippen LogP contribution in [0, 0.1) is 0 Å². The van der Waals surface area contributed by atoms with Crippen molar-refractivity contribution in [2.24, 2.45) is 5.73 Å². The van der Waals surface area contributed by atoms with Gasteiger partial charge in [-0.3, -0.25) is 0 Å². The molecule has 1 aliphatic carbocycles. The van der Waals surface area contributed by atoms with Crippen molar-refractivity contribution in [3.05, 3.63) is 0 Å². The third-order valence-corrected chi connectivity index (χ3v) is 2.80. The molecule has 2 N–H and O–H groups in total. The van der Waals surface area contributed by atoms with Crippen LogP contribution in [-0.2, 0) is 0 Å². The van der Waals surface area contributed by atoms with Crippen LogP contribution in [0.4, 0.5) is 0 Å². The van der Waals surface area contributed by atoms with Gasteiger partial charge in [-0.25, -0.2) is 0 Å². The first kappa shape index (κ1) is 8.06. The highest BCUT2D eigenvalue weighted by molar-refractivity contribution is 4.83. The third kappa shape index (κ3) is 1.98. The summed E-state index contributed by atoms with van der Waals surface area (Å²) < 4.78 is 0. The highest BCUT2D eigenvalue weighted by Crippen LogP contribution is 2.26. The molecular formula is C9H19N. The summed E-state index contributed by atoms with van der Waals surface area (Å²) in [6, 6.07) is 0. The van der Waals surface area contributed by atoms with E-state index in [0.717, 1.165) is 6.42 Å². The normalized spacial score (nSPS) is 25.8. The first-order valence-corrected chi connectivity index (χ1v) is 4.56. The zero-order chi connectivity index (χ0) is 7.45. The number of nitrogens with two attached hydrogens (primary N) is 1. The van der Waals surface area contributed by atoms with Gasteiger partial charge < -0.3 is 5.73 Å². The van der Waals surface area contributed by atoms with Crippen molar-refractivity contribution < 1.29 is 0 Å². The van der Waals surface area contributed by atoms with Gasteiger partial charge >= 0.3 is 0 Å². The molecule has 1 heteroatoms. The zero-order valence-corrected chi connectivity index (χ0v) is 7.03. The highest BCUT2D eigenvalue weighted by atomic mass is 14.7. The van der Waals surface area contributed by atoms with Gasteiger partial charge in [0.05, 0.1) is 0 Å². The molecule has 1 saturated carbocycles. The molecule has 60 valence electrons. The lowest BCUT2D eigenvalue weighted by Crippen LogP contribution is -2.38. The van der Waals surface area contributed by atoms with Gasteiger partial charge in [0.2, 0.25) is 0 Å². The van der Waals surface area contributed by atoms with Crippen molar-refractivity contribution in [3.8, 4) is 0 Å². The van der Waals surface area contributed by atoms with Gasteiger partial charge in [0.15, 0.2) is 0 Å². The SMILES string of the molecule is CCC1(N)CCCCCC1. The molecule has 0 bridgehead atoms. The van der Waals surface area contributed by atoms with E-state index < -0.39 is 0 Å². The van der Waals surface area contributed by atoms with E-state index in [1.807, 2.05) is 0 Å². The van der Waals surface area contributed by atoms with Crippen LogP contribution in [0.15, 0.2) is 0 Å². The summed E-state index contributed by atoms with van der Waals surface area (Å²) in [5, 5.41) is 0. The van der Waals surface area contributed by atoms with Gasteiger partial charge in [-0.15, -0.1) is 0 Å². The smallest absolute Gasteiger partial charge is 0.0151 e. The maximum absolute atomic E-state index is 6.16. The fourth-order valence-electron chi connectivity index (χ4n) is 1.79. The molecule has 1 nitrogen and oxygen atoms in total. The van der Waals surface area contributed by atoms with Crippen LogP contribution >= 0.6 is 0 Å². The summed E-state index contributed by atoms with van der Waals surface area (Å²) in [6.45, 7) is 2.21.